The molecule has 2 unspecified atom stereocenters. The van der Waals surface area contributed by atoms with E-state index in [-0.39, 0.29) is 5.97 Å². The summed E-state index contributed by atoms with van der Waals surface area (Å²) in [4.78, 5) is 14.7. The SMILES string of the molecule is CCOC(=O)C(C)(CC(C)N1CCCC(C)(C)CC1)NC. The van der Waals surface area contributed by atoms with Crippen molar-refractivity contribution in [3.05, 3.63) is 0 Å². The molecule has 0 aliphatic carbocycles. The van der Waals surface area contributed by atoms with E-state index in [0.29, 0.717) is 18.1 Å². The second-order valence-corrected chi connectivity index (χ2v) is 7.41. The third-order valence-electron chi connectivity index (χ3n) is 4.98. The molecule has 0 radical (unpaired) electrons. The monoisotopic (exact) mass is 298 g/mol. The zero-order chi connectivity index (χ0) is 16.1. The molecule has 1 saturated heterocycles. The third kappa shape index (κ3) is 5.26. The van der Waals surface area contributed by atoms with Crippen molar-refractivity contribution in [2.24, 2.45) is 5.41 Å². The van der Waals surface area contributed by atoms with Crippen LogP contribution in [0.25, 0.3) is 0 Å². The Hall–Kier alpha value is -0.610. The standard InChI is InChI=1S/C17H34N2O2/c1-7-21-15(20)17(5,18-6)13-14(2)19-11-8-9-16(3,4)10-12-19/h14,18H,7-13H2,1-6H3. The summed E-state index contributed by atoms with van der Waals surface area (Å²) in [5.41, 5.74) is -0.154. The van der Waals surface area contributed by atoms with Crippen LogP contribution in [0.1, 0.15) is 60.3 Å². The first-order valence-corrected chi connectivity index (χ1v) is 8.34. The molecule has 1 rings (SSSR count). The molecule has 0 aromatic carbocycles. The zero-order valence-corrected chi connectivity index (χ0v) is 14.8. The number of rotatable bonds is 6. The highest BCUT2D eigenvalue weighted by Gasteiger charge is 2.36. The zero-order valence-electron chi connectivity index (χ0n) is 14.8. The Morgan fingerprint density at radius 1 is 1.38 bits per heavy atom. The Morgan fingerprint density at radius 2 is 2.05 bits per heavy atom. The lowest BCUT2D eigenvalue weighted by Crippen LogP contribution is -2.53. The van der Waals surface area contributed by atoms with Crippen LogP contribution in [0.2, 0.25) is 0 Å². The Morgan fingerprint density at radius 3 is 2.62 bits per heavy atom. The van der Waals surface area contributed by atoms with E-state index in [1.54, 1.807) is 0 Å². The van der Waals surface area contributed by atoms with Gasteiger partial charge in [-0.1, -0.05) is 13.8 Å². The number of ether oxygens (including phenoxy) is 1. The molecule has 21 heavy (non-hydrogen) atoms. The Bertz CT molecular complexity index is 344. The average molecular weight is 298 g/mol. The van der Waals surface area contributed by atoms with Gasteiger partial charge in [0, 0.05) is 6.04 Å². The van der Waals surface area contributed by atoms with Crippen molar-refractivity contribution in [1.82, 2.24) is 10.2 Å². The van der Waals surface area contributed by atoms with Crippen LogP contribution in [0.4, 0.5) is 0 Å². The van der Waals surface area contributed by atoms with E-state index in [1.165, 1.54) is 19.3 Å². The fourth-order valence-corrected chi connectivity index (χ4v) is 3.18. The first-order chi connectivity index (χ1) is 9.74. The minimum atomic E-state index is -0.600. The number of likely N-dealkylation sites (tertiary alicyclic amines) is 1. The summed E-state index contributed by atoms with van der Waals surface area (Å²) in [5, 5.41) is 3.16. The lowest BCUT2D eigenvalue weighted by Gasteiger charge is -2.35. The van der Waals surface area contributed by atoms with Crippen molar-refractivity contribution in [3.8, 4) is 0 Å². The maximum Gasteiger partial charge on any atom is 0.326 e. The second kappa shape index (κ2) is 7.59. The van der Waals surface area contributed by atoms with Crippen molar-refractivity contribution >= 4 is 5.97 Å². The lowest BCUT2D eigenvalue weighted by atomic mass is 9.85. The first-order valence-electron chi connectivity index (χ1n) is 8.34. The predicted octanol–water partition coefficient (Wildman–Crippen LogP) is 2.82. The molecule has 4 heteroatoms. The van der Waals surface area contributed by atoms with E-state index in [2.05, 4.69) is 31.0 Å². The van der Waals surface area contributed by atoms with Crippen molar-refractivity contribution in [3.63, 3.8) is 0 Å². The summed E-state index contributed by atoms with van der Waals surface area (Å²) in [5.74, 6) is -0.144. The molecule has 1 aliphatic heterocycles. The fraction of sp³-hybridized carbons (Fsp3) is 0.941. The maximum atomic E-state index is 12.2. The number of nitrogens with one attached hydrogen (secondary N) is 1. The van der Waals surface area contributed by atoms with E-state index < -0.39 is 5.54 Å². The minimum Gasteiger partial charge on any atom is -0.465 e. The van der Waals surface area contributed by atoms with Gasteiger partial charge in [0.2, 0.25) is 0 Å². The minimum absolute atomic E-state index is 0.144. The molecule has 0 aromatic rings. The van der Waals surface area contributed by atoms with Gasteiger partial charge in [0.15, 0.2) is 0 Å². The van der Waals surface area contributed by atoms with Gasteiger partial charge in [-0.05, 0) is 72.0 Å². The van der Waals surface area contributed by atoms with Gasteiger partial charge in [-0.25, -0.2) is 0 Å². The topological polar surface area (TPSA) is 41.6 Å². The molecular formula is C17H34N2O2. The van der Waals surface area contributed by atoms with Gasteiger partial charge >= 0.3 is 5.97 Å². The van der Waals surface area contributed by atoms with Crippen LogP contribution in [0.15, 0.2) is 0 Å². The molecule has 0 amide bonds. The van der Waals surface area contributed by atoms with Crippen LogP contribution in [0, 0.1) is 5.41 Å². The largest absolute Gasteiger partial charge is 0.465 e. The van der Waals surface area contributed by atoms with Crippen molar-refractivity contribution in [1.29, 1.82) is 0 Å². The highest BCUT2D eigenvalue weighted by Crippen LogP contribution is 2.31. The van der Waals surface area contributed by atoms with E-state index >= 15 is 0 Å². The van der Waals surface area contributed by atoms with E-state index in [9.17, 15) is 4.79 Å². The number of likely N-dealkylation sites (N-methyl/N-ethyl adjacent to an activating group) is 1. The molecule has 0 bridgehead atoms. The highest BCUT2D eigenvalue weighted by molar-refractivity contribution is 5.80. The molecule has 1 aliphatic rings. The van der Waals surface area contributed by atoms with Crippen LogP contribution in [-0.4, -0.2) is 49.2 Å². The molecule has 1 fully saturated rings. The fourth-order valence-electron chi connectivity index (χ4n) is 3.18. The van der Waals surface area contributed by atoms with Gasteiger partial charge in [0.05, 0.1) is 6.61 Å². The van der Waals surface area contributed by atoms with Crippen LogP contribution >= 0.6 is 0 Å². The van der Waals surface area contributed by atoms with Crippen molar-refractivity contribution in [2.75, 3.05) is 26.7 Å². The number of hydrogen-bond donors (Lipinski definition) is 1. The predicted molar refractivity (Wildman–Crippen MR) is 87.4 cm³/mol. The van der Waals surface area contributed by atoms with E-state index in [4.69, 9.17) is 4.74 Å². The molecule has 0 saturated carbocycles. The molecule has 2 atom stereocenters. The van der Waals surface area contributed by atoms with Crippen LogP contribution in [0.3, 0.4) is 0 Å². The number of carbonyl (C=O) groups is 1. The Labute approximate surface area is 130 Å². The second-order valence-electron chi connectivity index (χ2n) is 7.41. The summed E-state index contributed by atoms with van der Waals surface area (Å²) in [6, 6.07) is 0.376. The van der Waals surface area contributed by atoms with Crippen LogP contribution in [0.5, 0.6) is 0 Å². The van der Waals surface area contributed by atoms with Gasteiger partial charge in [-0.2, -0.15) is 0 Å². The summed E-state index contributed by atoms with van der Waals surface area (Å²) in [7, 11) is 1.84. The highest BCUT2D eigenvalue weighted by atomic mass is 16.5. The van der Waals surface area contributed by atoms with Gasteiger partial charge in [-0.15, -0.1) is 0 Å². The Balaban J connectivity index is 2.65. The van der Waals surface area contributed by atoms with Crippen LogP contribution in [-0.2, 0) is 9.53 Å². The van der Waals surface area contributed by atoms with Gasteiger partial charge < -0.3 is 15.0 Å². The summed E-state index contributed by atoms with van der Waals surface area (Å²) in [6.45, 7) is 13.4. The van der Waals surface area contributed by atoms with Crippen molar-refractivity contribution < 1.29 is 9.53 Å². The normalized spacial score (nSPS) is 23.9. The molecule has 0 spiro atoms. The summed E-state index contributed by atoms with van der Waals surface area (Å²) >= 11 is 0. The smallest absolute Gasteiger partial charge is 0.326 e. The molecule has 1 heterocycles. The van der Waals surface area contributed by atoms with Gasteiger partial charge in [-0.3, -0.25) is 4.79 Å². The number of hydrogen-bond acceptors (Lipinski definition) is 4. The number of carbonyl (C=O) groups excluding carboxylic acids is 1. The molecule has 0 aromatic heterocycles. The average Bonchev–Trinajstić information content (AvgIpc) is 2.59. The quantitative estimate of drug-likeness (QED) is 0.766. The van der Waals surface area contributed by atoms with Gasteiger partial charge in [0.1, 0.15) is 5.54 Å². The molecule has 124 valence electrons. The summed E-state index contributed by atoms with van der Waals surface area (Å²) in [6.07, 6.45) is 4.54. The van der Waals surface area contributed by atoms with E-state index in [1.807, 2.05) is 20.9 Å². The molecule has 1 N–H and O–H groups in total. The first kappa shape index (κ1) is 18.4. The van der Waals surface area contributed by atoms with Gasteiger partial charge in [0.25, 0.3) is 0 Å². The Kier molecular flexibility index (Phi) is 6.67. The number of esters is 1. The van der Waals surface area contributed by atoms with Crippen molar-refractivity contribution in [2.45, 2.75) is 71.9 Å². The van der Waals surface area contributed by atoms with Crippen LogP contribution < -0.4 is 5.32 Å². The maximum absolute atomic E-state index is 12.2. The molecule has 4 nitrogen and oxygen atoms in total. The number of nitrogens with zero attached hydrogens (tertiary/aromatic N) is 1. The van der Waals surface area contributed by atoms with E-state index in [0.717, 1.165) is 19.5 Å². The lowest BCUT2D eigenvalue weighted by molar-refractivity contribution is -0.151. The molecular weight excluding hydrogens is 264 g/mol. The third-order valence-corrected chi connectivity index (χ3v) is 4.98. The summed E-state index contributed by atoms with van der Waals surface area (Å²) < 4.78 is 5.22.